The molecule has 1 aliphatic rings. The lowest BCUT2D eigenvalue weighted by atomic mass is 10.1. The second-order valence-electron chi connectivity index (χ2n) is 7.65. The van der Waals surface area contributed by atoms with Crippen LogP contribution in [0.25, 0.3) is 0 Å². The van der Waals surface area contributed by atoms with Gasteiger partial charge in [0.1, 0.15) is 5.82 Å². The number of aryl methyl sites for hydroxylation is 1. The molecule has 9 heteroatoms. The maximum Gasteiger partial charge on any atom is 0.405 e. The van der Waals surface area contributed by atoms with Crippen molar-refractivity contribution in [3.8, 4) is 0 Å². The third-order valence-corrected chi connectivity index (χ3v) is 7.32. The van der Waals surface area contributed by atoms with E-state index in [0.717, 1.165) is 0 Å². The third kappa shape index (κ3) is 6.25. The topological polar surface area (TPSA) is 95.9 Å². The van der Waals surface area contributed by atoms with Crippen molar-refractivity contribution in [2.45, 2.75) is 38.5 Å². The number of carboxylic acid groups (broad SMARTS) is 1. The van der Waals surface area contributed by atoms with Gasteiger partial charge in [-0.1, -0.05) is 48.5 Å². The zero-order valence-corrected chi connectivity index (χ0v) is 18.1. The molecule has 0 aliphatic carbocycles. The Morgan fingerprint density at radius 3 is 2.52 bits per heavy atom. The first-order valence-corrected chi connectivity index (χ1v) is 11.7. The minimum atomic E-state index is -3.69. The van der Waals surface area contributed by atoms with Gasteiger partial charge in [0.2, 0.25) is 10.0 Å². The Labute approximate surface area is 181 Å². The van der Waals surface area contributed by atoms with Crippen LogP contribution in [0.5, 0.6) is 0 Å². The van der Waals surface area contributed by atoms with E-state index in [1.807, 2.05) is 0 Å². The summed E-state index contributed by atoms with van der Waals surface area (Å²) >= 11 is 0. The first kappa shape index (κ1) is 23.2. The van der Waals surface area contributed by atoms with Gasteiger partial charge in [0, 0.05) is 18.7 Å². The largest absolute Gasteiger partial charge is 0.465 e. The number of nitrogens with zero attached hydrogens (tertiary/aromatic N) is 1. The number of amides is 1. The third-order valence-electron chi connectivity index (χ3n) is 5.42. The molecule has 0 aromatic heterocycles. The normalized spacial score (nSPS) is 16.7. The van der Waals surface area contributed by atoms with Crippen LogP contribution in [0.2, 0.25) is 0 Å². The molecule has 2 N–H and O–H groups in total. The molecule has 168 valence electrons. The Hall–Kier alpha value is -2.49. The quantitative estimate of drug-likeness (QED) is 0.642. The molecule has 0 saturated carbocycles. The average molecular weight is 451 g/mol. The highest BCUT2D eigenvalue weighted by Crippen LogP contribution is 2.23. The summed E-state index contributed by atoms with van der Waals surface area (Å²) in [6.07, 6.45) is -0.447. The molecule has 31 heavy (non-hydrogen) atoms. The number of sulfonamides is 1. The zero-order chi connectivity index (χ0) is 22.4. The van der Waals surface area contributed by atoms with Crippen LogP contribution in [0, 0.1) is 12.7 Å². The Morgan fingerprint density at radius 1 is 1.19 bits per heavy atom. The lowest BCUT2D eigenvalue weighted by Gasteiger charge is -2.32. The van der Waals surface area contributed by atoms with Gasteiger partial charge in [-0.3, -0.25) is 0 Å². The molecule has 1 amide bonds. The van der Waals surface area contributed by atoms with E-state index in [9.17, 15) is 17.6 Å². The molecule has 1 heterocycles. The van der Waals surface area contributed by atoms with Crippen LogP contribution in [0.3, 0.4) is 0 Å². The van der Waals surface area contributed by atoms with Crippen molar-refractivity contribution in [3.63, 3.8) is 0 Å². The fourth-order valence-corrected chi connectivity index (χ4v) is 5.35. The molecule has 2 aromatic rings. The van der Waals surface area contributed by atoms with E-state index in [2.05, 4.69) is 5.32 Å². The number of halogens is 1. The van der Waals surface area contributed by atoms with Crippen LogP contribution in [-0.2, 0) is 21.4 Å². The van der Waals surface area contributed by atoms with Crippen molar-refractivity contribution in [1.29, 1.82) is 0 Å². The number of benzene rings is 2. The highest BCUT2D eigenvalue weighted by molar-refractivity contribution is 7.89. The average Bonchev–Trinajstić information content (AvgIpc) is 2.75. The monoisotopic (exact) mass is 450 g/mol. The number of nitrogens with one attached hydrogen (secondary N) is 1. The second-order valence-corrected chi connectivity index (χ2v) is 9.66. The maximum absolute atomic E-state index is 14.1. The zero-order valence-electron chi connectivity index (χ0n) is 17.3. The van der Waals surface area contributed by atoms with Gasteiger partial charge in [-0.2, -0.15) is 0 Å². The van der Waals surface area contributed by atoms with Crippen LogP contribution >= 0.6 is 0 Å². The van der Waals surface area contributed by atoms with Gasteiger partial charge in [-0.05, 0) is 30.9 Å². The van der Waals surface area contributed by atoms with Crippen molar-refractivity contribution in [3.05, 3.63) is 71.0 Å². The lowest BCUT2D eigenvalue weighted by molar-refractivity contribution is 0.00897. The molecule has 1 aliphatic heterocycles. The number of hydrogen-bond donors (Lipinski definition) is 2. The Morgan fingerprint density at radius 2 is 1.87 bits per heavy atom. The fourth-order valence-electron chi connectivity index (χ4n) is 3.68. The van der Waals surface area contributed by atoms with Gasteiger partial charge in [0.15, 0.2) is 0 Å². The van der Waals surface area contributed by atoms with Crippen molar-refractivity contribution >= 4 is 16.1 Å². The number of hydrogen-bond acceptors (Lipinski definition) is 4. The molecule has 1 saturated heterocycles. The van der Waals surface area contributed by atoms with Gasteiger partial charge in [-0.15, -0.1) is 0 Å². The van der Waals surface area contributed by atoms with Crippen LogP contribution < -0.4 is 5.32 Å². The molecule has 0 spiro atoms. The Bertz CT molecular complexity index is 992. The molecule has 3 rings (SSSR count). The second kappa shape index (κ2) is 10.2. The molecule has 1 atom stereocenters. The molecule has 0 radical (unpaired) electrons. The first-order chi connectivity index (χ1) is 14.8. The van der Waals surface area contributed by atoms with E-state index < -0.39 is 22.2 Å². The van der Waals surface area contributed by atoms with Gasteiger partial charge in [0.25, 0.3) is 0 Å². The number of rotatable bonds is 8. The standard InChI is InChI=1S/C22H27FN2O5S/c1-16-6-5-9-18(21(16)23)14-30-19-10-12-25(13-11-19)31(28,29)15-20(24-22(26)27)17-7-3-2-4-8-17/h2-9,19-20,24H,10-15H2,1H3,(H,26,27)/t20-/m0/s1. The van der Waals surface area contributed by atoms with E-state index in [4.69, 9.17) is 9.84 Å². The highest BCUT2D eigenvalue weighted by atomic mass is 32.2. The fraction of sp³-hybridized carbons (Fsp3) is 0.409. The van der Waals surface area contributed by atoms with Gasteiger partial charge in [-0.25, -0.2) is 21.9 Å². The van der Waals surface area contributed by atoms with Crippen molar-refractivity contribution < 1.29 is 27.4 Å². The minimum Gasteiger partial charge on any atom is -0.465 e. The maximum atomic E-state index is 14.1. The van der Waals surface area contributed by atoms with Crippen molar-refractivity contribution in [1.82, 2.24) is 9.62 Å². The molecule has 7 nitrogen and oxygen atoms in total. The van der Waals surface area contributed by atoms with Crippen LogP contribution in [0.4, 0.5) is 9.18 Å². The Kier molecular flexibility index (Phi) is 7.64. The lowest BCUT2D eigenvalue weighted by Crippen LogP contribution is -2.44. The summed E-state index contributed by atoms with van der Waals surface area (Å²) in [6.45, 7) is 2.39. The number of piperidine rings is 1. The van der Waals surface area contributed by atoms with Gasteiger partial charge < -0.3 is 15.2 Å². The summed E-state index contributed by atoms with van der Waals surface area (Å²) in [5.74, 6) is -0.635. The molecular formula is C22H27FN2O5S. The summed E-state index contributed by atoms with van der Waals surface area (Å²) in [5, 5.41) is 11.4. The SMILES string of the molecule is Cc1cccc(COC2CCN(S(=O)(=O)C[C@H](NC(=O)O)c3ccccc3)CC2)c1F. The molecular weight excluding hydrogens is 423 g/mol. The van der Waals surface area contributed by atoms with Crippen LogP contribution in [0.15, 0.2) is 48.5 Å². The van der Waals surface area contributed by atoms with E-state index in [-0.39, 0.29) is 37.4 Å². The molecule has 0 bridgehead atoms. The van der Waals surface area contributed by atoms with Crippen LogP contribution in [0.1, 0.15) is 35.6 Å². The summed E-state index contributed by atoms with van der Waals surface area (Å²) in [7, 11) is -3.69. The molecule has 1 fully saturated rings. The van der Waals surface area contributed by atoms with Crippen LogP contribution in [-0.4, -0.2) is 48.9 Å². The molecule has 0 unspecified atom stereocenters. The predicted octanol–water partition coefficient (Wildman–Crippen LogP) is 3.45. The Balaban J connectivity index is 1.57. The van der Waals surface area contributed by atoms with E-state index in [1.54, 1.807) is 55.5 Å². The van der Waals surface area contributed by atoms with Crippen molar-refractivity contribution in [2.24, 2.45) is 0 Å². The number of carbonyl (C=O) groups is 1. The summed E-state index contributed by atoms with van der Waals surface area (Å²) in [6, 6.07) is 12.9. The summed E-state index contributed by atoms with van der Waals surface area (Å²) in [4.78, 5) is 11.2. The first-order valence-electron chi connectivity index (χ1n) is 10.1. The highest BCUT2D eigenvalue weighted by Gasteiger charge is 2.31. The summed E-state index contributed by atoms with van der Waals surface area (Å²) < 4.78 is 47.1. The summed E-state index contributed by atoms with van der Waals surface area (Å²) in [5.41, 5.74) is 1.64. The molecule has 2 aromatic carbocycles. The minimum absolute atomic E-state index is 0.142. The van der Waals surface area contributed by atoms with Gasteiger partial charge >= 0.3 is 6.09 Å². The predicted molar refractivity (Wildman–Crippen MR) is 115 cm³/mol. The van der Waals surface area contributed by atoms with E-state index in [0.29, 0.717) is 29.5 Å². The van der Waals surface area contributed by atoms with E-state index in [1.165, 1.54) is 4.31 Å². The van der Waals surface area contributed by atoms with Crippen molar-refractivity contribution in [2.75, 3.05) is 18.8 Å². The smallest absolute Gasteiger partial charge is 0.405 e. The van der Waals surface area contributed by atoms with Gasteiger partial charge in [0.05, 0.1) is 24.5 Å². The van der Waals surface area contributed by atoms with E-state index >= 15 is 0 Å². The number of ether oxygens (including phenoxy) is 1.